The number of nitrogens with zero attached hydrogens (tertiary/aromatic N) is 1. The molecule has 6 nitrogen and oxygen atoms in total. The topological polar surface area (TPSA) is 67.9 Å². The summed E-state index contributed by atoms with van der Waals surface area (Å²) in [5, 5.41) is 3.28. The molecule has 2 rings (SSSR count). The Morgan fingerprint density at radius 2 is 1.76 bits per heavy atom. The van der Waals surface area contributed by atoms with Crippen LogP contribution in [0.25, 0.3) is 0 Å². The van der Waals surface area contributed by atoms with Crippen molar-refractivity contribution >= 4 is 40.7 Å². The third-order valence-corrected chi connectivity index (χ3v) is 4.53. The fourth-order valence-electron chi connectivity index (χ4n) is 2.45. The van der Waals surface area contributed by atoms with Gasteiger partial charge in [-0.25, -0.2) is 0 Å². The molecule has 2 aromatic rings. The van der Waals surface area contributed by atoms with Crippen LogP contribution in [0.3, 0.4) is 0 Å². The van der Waals surface area contributed by atoms with Crippen LogP contribution in [0.1, 0.15) is 34.6 Å². The molecule has 29 heavy (non-hydrogen) atoms. The smallest absolute Gasteiger partial charge is 0.255 e. The van der Waals surface area contributed by atoms with E-state index in [4.69, 9.17) is 32.7 Å². The number of halogens is 2. The summed E-state index contributed by atoms with van der Waals surface area (Å²) in [6, 6.07) is 7.73. The Labute approximate surface area is 180 Å². The number of anilines is 1. The monoisotopic (exact) mass is 438 g/mol. The maximum Gasteiger partial charge on any atom is 0.255 e. The molecule has 0 aliphatic carbocycles. The van der Waals surface area contributed by atoms with Gasteiger partial charge in [0.1, 0.15) is 0 Å². The van der Waals surface area contributed by atoms with E-state index >= 15 is 0 Å². The van der Waals surface area contributed by atoms with E-state index in [9.17, 15) is 9.59 Å². The average Bonchev–Trinajstić information content (AvgIpc) is 2.67. The van der Waals surface area contributed by atoms with Crippen molar-refractivity contribution in [3.05, 3.63) is 51.5 Å². The minimum Gasteiger partial charge on any atom is -0.493 e. The second-order valence-corrected chi connectivity index (χ2v) is 7.86. The highest BCUT2D eigenvalue weighted by Gasteiger charge is 2.18. The summed E-state index contributed by atoms with van der Waals surface area (Å²) in [6.07, 6.45) is 0. The van der Waals surface area contributed by atoms with Crippen molar-refractivity contribution in [1.29, 1.82) is 0 Å². The summed E-state index contributed by atoms with van der Waals surface area (Å²) < 4.78 is 11.0. The Hall–Kier alpha value is -2.44. The van der Waals surface area contributed by atoms with E-state index in [1.165, 1.54) is 24.1 Å². The standard InChI is InChI=1S/C21H24Cl2N2O4/c1-12(2)11-29-19-16(23)8-14(10-18(19)28-5)20(26)24-17-9-13(6-7-15(17)22)21(27)25(3)4/h6-10,12H,11H2,1-5H3,(H,24,26). The summed E-state index contributed by atoms with van der Waals surface area (Å²) in [6.45, 7) is 4.49. The first-order chi connectivity index (χ1) is 13.6. The number of methoxy groups -OCH3 is 1. The summed E-state index contributed by atoms with van der Waals surface area (Å²) in [4.78, 5) is 26.4. The molecule has 0 bridgehead atoms. The van der Waals surface area contributed by atoms with E-state index in [2.05, 4.69) is 5.32 Å². The Balaban J connectivity index is 2.30. The summed E-state index contributed by atoms with van der Waals surface area (Å²) in [5.41, 5.74) is 0.992. The first kappa shape index (κ1) is 22.8. The number of hydrogen-bond donors (Lipinski definition) is 1. The molecule has 0 unspecified atom stereocenters. The number of benzene rings is 2. The lowest BCUT2D eigenvalue weighted by atomic mass is 10.1. The van der Waals surface area contributed by atoms with Gasteiger partial charge in [0, 0.05) is 25.2 Å². The molecule has 8 heteroatoms. The van der Waals surface area contributed by atoms with Crippen molar-refractivity contribution in [1.82, 2.24) is 4.90 Å². The van der Waals surface area contributed by atoms with Gasteiger partial charge in [-0.2, -0.15) is 0 Å². The number of amides is 2. The predicted molar refractivity (Wildman–Crippen MR) is 116 cm³/mol. The van der Waals surface area contributed by atoms with Crippen LogP contribution in [0.5, 0.6) is 11.5 Å². The van der Waals surface area contributed by atoms with Gasteiger partial charge >= 0.3 is 0 Å². The Bertz CT molecular complexity index is 914. The van der Waals surface area contributed by atoms with E-state index in [0.717, 1.165) is 0 Å². The van der Waals surface area contributed by atoms with E-state index < -0.39 is 5.91 Å². The third kappa shape index (κ3) is 5.78. The van der Waals surface area contributed by atoms with Crippen LogP contribution >= 0.6 is 23.2 Å². The van der Waals surface area contributed by atoms with Gasteiger partial charge in [-0.3, -0.25) is 9.59 Å². The van der Waals surface area contributed by atoms with Crippen molar-refractivity contribution in [2.45, 2.75) is 13.8 Å². The van der Waals surface area contributed by atoms with Crippen LogP contribution in [-0.2, 0) is 0 Å². The molecule has 156 valence electrons. The second kappa shape index (κ2) is 9.85. The summed E-state index contributed by atoms with van der Waals surface area (Å²) >= 11 is 12.5. The quantitative estimate of drug-likeness (QED) is 0.660. The first-order valence-corrected chi connectivity index (χ1v) is 9.72. The normalized spacial score (nSPS) is 10.6. The molecule has 0 aliphatic rings. The fraction of sp³-hybridized carbons (Fsp3) is 0.333. The maximum absolute atomic E-state index is 12.8. The van der Waals surface area contributed by atoms with E-state index in [1.807, 2.05) is 13.8 Å². The van der Waals surface area contributed by atoms with Crippen LogP contribution in [0.4, 0.5) is 5.69 Å². The molecule has 0 spiro atoms. The van der Waals surface area contributed by atoms with Gasteiger partial charge in [0.2, 0.25) is 0 Å². The Kier molecular flexibility index (Phi) is 7.76. The summed E-state index contributed by atoms with van der Waals surface area (Å²) in [5.74, 6) is 0.394. The summed E-state index contributed by atoms with van der Waals surface area (Å²) in [7, 11) is 4.77. The molecule has 0 aromatic heterocycles. The van der Waals surface area contributed by atoms with E-state index in [-0.39, 0.29) is 16.5 Å². The molecule has 0 radical (unpaired) electrons. The van der Waals surface area contributed by atoms with Crippen LogP contribution in [0.15, 0.2) is 30.3 Å². The van der Waals surface area contributed by atoms with Gasteiger partial charge in [0.15, 0.2) is 11.5 Å². The molecular formula is C21H24Cl2N2O4. The molecule has 0 aliphatic heterocycles. The number of carbonyl (C=O) groups is 2. The molecule has 2 amide bonds. The van der Waals surface area contributed by atoms with Crippen molar-refractivity contribution in [3.8, 4) is 11.5 Å². The first-order valence-electron chi connectivity index (χ1n) is 8.97. The van der Waals surface area contributed by atoms with Crippen molar-refractivity contribution in [3.63, 3.8) is 0 Å². The number of ether oxygens (including phenoxy) is 2. The predicted octanol–water partition coefficient (Wildman–Crippen LogP) is 4.99. The molecule has 0 fully saturated rings. The largest absolute Gasteiger partial charge is 0.493 e. The van der Waals surface area contributed by atoms with Crippen LogP contribution < -0.4 is 14.8 Å². The highest BCUT2D eigenvalue weighted by atomic mass is 35.5. The zero-order valence-electron chi connectivity index (χ0n) is 17.0. The molecule has 0 atom stereocenters. The lowest BCUT2D eigenvalue weighted by Gasteiger charge is -2.16. The minimum absolute atomic E-state index is 0.200. The molecular weight excluding hydrogens is 415 g/mol. The van der Waals surface area contributed by atoms with Gasteiger partial charge < -0.3 is 19.7 Å². The maximum atomic E-state index is 12.8. The van der Waals surface area contributed by atoms with E-state index in [0.29, 0.717) is 40.3 Å². The number of carbonyl (C=O) groups excluding carboxylic acids is 2. The van der Waals surface area contributed by atoms with Crippen molar-refractivity contribution in [2.24, 2.45) is 5.92 Å². The number of rotatable bonds is 7. The lowest BCUT2D eigenvalue weighted by Crippen LogP contribution is -2.22. The van der Waals surface area contributed by atoms with Gasteiger partial charge in [-0.15, -0.1) is 0 Å². The van der Waals surface area contributed by atoms with Crippen LogP contribution in [0, 0.1) is 5.92 Å². The molecule has 2 aromatic carbocycles. The van der Waals surface area contributed by atoms with Gasteiger partial charge in [0.05, 0.1) is 29.4 Å². The van der Waals surface area contributed by atoms with E-state index in [1.54, 1.807) is 32.3 Å². The highest BCUT2D eigenvalue weighted by Crippen LogP contribution is 2.37. The zero-order chi connectivity index (χ0) is 21.7. The van der Waals surface area contributed by atoms with Crippen LogP contribution in [-0.4, -0.2) is 44.5 Å². The van der Waals surface area contributed by atoms with Crippen molar-refractivity contribution < 1.29 is 19.1 Å². The second-order valence-electron chi connectivity index (χ2n) is 7.04. The average molecular weight is 439 g/mol. The third-order valence-electron chi connectivity index (χ3n) is 3.92. The number of hydrogen-bond acceptors (Lipinski definition) is 4. The zero-order valence-corrected chi connectivity index (χ0v) is 18.5. The lowest BCUT2D eigenvalue weighted by molar-refractivity contribution is 0.0827. The minimum atomic E-state index is -0.447. The van der Waals surface area contributed by atoms with Gasteiger partial charge in [-0.1, -0.05) is 37.0 Å². The molecule has 0 saturated carbocycles. The Morgan fingerprint density at radius 3 is 2.34 bits per heavy atom. The van der Waals surface area contributed by atoms with Gasteiger partial charge in [0.25, 0.3) is 11.8 Å². The SMILES string of the molecule is COc1cc(C(=O)Nc2cc(C(=O)N(C)C)ccc2Cl)cc(Cl)c1OCC(C)C. The molecule has 1 N–H and O–H groups in total. The number of nitrogens with one attached hydrogen (secondary N) is 1. The van der Waals surface area contributed by atoms with Gasteiger partial charge in [-0.05, 0) is 36.2 Å². The van der Waals surface area contributed by atoms with Crippen LogP contribution in [0.2, 0.25) is 10.0 Å². The van der Waals surface area contributed by atoms with Crippen molar-refractivity contribution in [2.75, 3.05) is 33.1 Å². The fourth-order valence-corrected chi connectivity index (χ4v) is 2.88. The molecule has 0 saturated heterocycles. The highest BCUT2D eigenvalue weighted by molar-refractivity contribution is 6.34. The Morgan fingerprint density at radius 1 is 1.07 bits per heavy atom. The molecule has 0 heterocycles.